The molecule has 2 N–H and O–H groups in total. The number of rotatable bonds is 8. The Bertz CT molecular complexity index is 838. The predicted molar refractivity (Wildman–Crippen MR) is 95.6 cm³/mol. The predicted octanol–water partition coefficient (Wildman–Crippen LogP) is -1.12. The molecule has 0 bridgehead atoms. The molecule has 9 nitrogen and oxygen atoms in total. The third kappa shape index (κ3) is 4.50. The number of thioether (sulfide) groups is 1. The van der Waals surface area contributed by atoms with Crippen LogP contribution in [-0.2, 0) is 20.9 Å². The van der Waals surface area contributed by atoms with Crippen molar-refractivity contribution in [1.29, 1.82) is 0 Å². The monoisotopic (exact) mass is 405 g/mol. The van der Waals surface area contributed by atoms with Crippen LogP contribution >= 0.6 is 11.8 Å². The van der Waals surface area contributed by atoms with Crippen LogP contribution in [0.3, 0.4) is 0 Å². The lowest BCUT2D eigenvalue weighted by atomic mass is 10.1. The summed E-state index contributed by atoms with van der Waals surface area (Å²) in [4.78, 5) is 47.0. The molecule has 3 rings (SSSR count). The smallest absolute Gasteiger partial charge is 0.303 e. The first-order valence-electron chi connectivity index (χ1n) is 8.70. The first-order valence-corrected chi connectivity index (χ1v) is 9.75. The Morgan fingerprint density at radius 1 is 1.29 bits per heavy atom. The molecule has 1 fully saturated rings. The molecule has 28 heavy (non-hydrogen) atoms. The number of carbonyl (C=O) groups is 4. The number of carboxylic acid groups (broad SMARTS) is 2. The van der Waals surface area contributed by atoms with E-state index in [4.69, 9.17) is 5.11 Å². The van der Waals surface area contributed by atoms with Gasteiger partial charge in [-0.3, -0.25) is 14.4 Å². The summed E-state index contributed by atoms with van der Waals surface area (Å²) in [5, 5.41) is 21.9. The maximum atomic E-state index is 12.3. The summed E-state index contributed by atoms with van der Waals surface area (Å²) in [5.74, 6) is -2.03. The molecule has 0 saturated carbocycles. The Hall–Kier alpha value is -2.88. The molecule has 1 aromatic heterocycles. The van der Waals surface area contributed by atoms with Crippen molar-refractivity contribution in [3.8, 4) is 0 Å². The molecule has 2 amide bonds. The normalized spacial score (nSPS) is 20.6. The van der Waals surface area contributed by atoms with Crippen LogP contribution in [0.1, 0.15) is 29.6 Å². The largest absolute Gasteiger partial charge is 0.545 e. The van der Waals surface area contributed by atoms with Gasteiger partial charge < -0.3 is 25.2 Å². The highest BCUT2D eigenvalue weighted by molar-refractivity contribution is 8.00. The maximum Gasteiger partial charge on any atom is 0.303 e. The lowest BCUT2D eigenvalue weighted by Crippen LogP contribution is -2.68. The number of nitrogens with one attached hydrogen (secondary N) is 1. The van der Waals surface area contributed by atoms with E-state index < -0.39 is 18.0 Å². The minimum absolute atomic E-state index is 0.0764. The van der Waals surface area contributed by atoms with E-state index in [0.29, 0.717) is 12.3 Å². The molecule has 0 aromatic carbocycles. The highest BCUT2D eigenvalue weighted by Crippen LogP contribution is 2.36. The van der Waals surface area contributed by atoms with Crippen LogP contribution < -0.4 is 15.0 Å². The van der Waals surface area contributed by atoms with Crippen molar-refractivity contribution in [2.24, 2.45) is 0 Å². The van der Waals surface area contributed by atoms with E-state index in [1.54, 1.807) is 35.3 Å². The van der Waals surface area contributed by atoms with Gasteiger partial charge in [0.2, 0.25) is 5.91 Å². The van der Waals surface area contributed by atoms with Gasteiger partial charge in [-0.25, -0.2) is 4.57 Å². The van der Waals surface area contributed by atoms with Crippen LogP contribution in [0.25, 0.3) is 0 Å². The SMILES string of the molecule is O=C(O)CCCC(=O)NC1C(=O)N2C=C(C[n+]3ccc(C(=O)[O-])cc3)CS[C@@H]12. The van der Waals surface area contributed by atoms with Gasteiger partial charge in [0, 0.05) is 48.1 Å². The summed E-state index contributed by atoms with van der Waals surface area (Å²) in [7, 11) is 0. The molecule has 1 unspecified atom stereocenters. The Morgan fingerprint density at radius 2 is 2.00 bits per heavy atom. The number of pyridine rings is 1. The van der Waals surface area contributed by atoms with Crippen LogP contribution in [0.15, 0.2) is 36.3 Å². The molecule has 0 spiro atoms. The number of aromatic carboxylic acids is 1. The Kier molecular flexibility index (Phi) is 5.98. The summed E-state index contributed by atoms with van der Waals surface area (Å²) < 4.78 is 1.81. The summed E-state index contributed by atoms with van der Waals surface area (Å²) in [5.41, 5.74) is 1.09. The number of aromatic nitrogens is 1. The second-order valence-corrected chi connectivity index (χ2v) is 7.68. The maximum absolute atomic E-state index is 12.3. The van der Waals surface area contributed by atoms with Gasteiger partial charge in [0.15, 0.2) is 18.9 Å². The van der Waals surface area contributed by atoms with Crippen molar-refractivity contribution in [3.05, 3.63) is 41.9 Å². The van der Waals surface area contributed by atoms with E-state index in [-0.39, 0.29) is 42.0 Å². The topological polar surface area (TPSA) is 131 Å². The zero-order chi connectivity index (χ0) is 20.3. The fourth-order valence-corrected chi connectivity index (χ4v) is 4.28. The Morgan fingerprint density at radius 3 is 2.64 bits per heavy atom. The third-order valence-corrected chi connectivity index (χ3v) is 5.84. The zero-order valence-corrected chi connectivity index (χ0v) is 15.7. The summed E-state index contributed by atoms with van der Waals surface area (Å²) in [6.07, 6.45) is 5.29. The van der Waals surface area contributed by atoms with Gasteiger partial charge in [-0.1, -0.05) is 0 Å². The molecule has 0 radical (unpaired) electrons. The lowest BCUT2D eigenvalue weighted by Gasteiger charge is -2.47. The number of hydrogen-bond acceptors (Lipinski definition) is 6. The molecule has 148 valence electrons. The standard InChI is InChI=1S/C18H19N3O6S/c22-13(2-1-3-14(23)24)19-15-16(25)21-9-11(10-28-17(15)21)8-20-6-4-12(5-7-20)18(26)27/h4-7,9,15,17H,1-3,8,10H2,(H2-,19,22,23,24,26,27)/t15?,17-/m0/s1. The summed E-state index contributed by atoms with van der Waals surface area (Å²) in [6.45, 7) is 0.517. The molecule has 2 aliphatic rings. The highest BCUT2D eigenvalue weighted by atomic mass is 32.2. The van der Waals surface area contributed by atoms with Crippen LogP contribution in [0.4, 0.5) is 0 Å². The van der Waals surface area contributed by atoms with Crippen LogP contribution in [0, 0.1) is 0 Å². The fourth-order valence-electron chi connectivity index (χ4n) is 3.03. The molecule has 0 aliphatic carbocycles. The van der Waals surface area contributed by atoms with E-state index in [1.165, 1.54) is 12.1 Å². The van der Waals surface area contributed by atoms with E-state index in [9.17, 15) is 24.3 Å². The minimum Gasteiger partial charge on any atom is -0.545 e. The number of amides is 2. The average molecular weight is 405 g/mol. The summed E-state index contributed by atoms with van der Waals surface area (Å²) >= 11 is 1.54. The zero-order valence-electron chi connectivity index (χ0n) is 14.9. The number of fused-ring (bicyclic) bond motifs is 1. The molecule has 2 atom stereocenters. The molecular formula is C18H19N3O6S. The third-order valence-electron chi connectivity index (χ3n) is 4.46. The van der Waals surface area contributed by atoms with E-state index in [1.807, 2.05) is 4.57 Å². The quantitative estimate of drug-likeness (QED) is 0.414. The van der Waals surface area contributed by atoms with Gasteiger partial charge in [-0.2, -0.15) is 0 Å². The van der Waals surface area contributed by atoms with Crippen molar-refractivity contribution < 1.29 is 34.0 Å². The Labute approximate surface area is 165 Å². The number of nitrogens with zero attached hydrogens (tertiary/aromatic N) is 2. The first kappa shape index (κ1) is 19.9. The summed E-state index contributed by atoms with van der Waals surface area (Å²) in [6, 6.07) is 2.33. The van der Waals surface area contributed by atoms with Crippen molar-refractivity contribution in [2.75, 3.05) is 5.75 Å². The second kappa shape index (κ2) is 8.42. The number of carboxylic acids is 2. The van der Waals surface area contributed by atoms with Crippen molar-refractivity contribution in [2.45, 2.75) is 37.2 Å². The van der Waals surface area contributed by atoms with Crippen LogP contribution in [0.5, 0.6) is 0 Å². The van der Waals surface area contributed by atoms with E-state index >= 15 is 0 Å². The van der Waals surface area contributed by atoms with E-state index in [2.05, 4.69) is 5.32 Å². The van der Waals surface area contributed by atoms with Crippen molar-refractivity contribution in [1.82, 2.24) is 10.2 Å². The Balaban J connectivity index is 1.53. The number of carbonyl (C=O) groups excluding carboxylic acids is 3. The van der Waals surface area contributed by atoms with E-state index in [0.717, 1.165) is 5.57 Å². The van der Waals surface area contributed by atoms with Gasteiger partial charge in [-0.15, -0.1) is 11.8 Å². The second-order valence-electron chi connectivity index (χ2n) is 6.57. The molecular weight excluding hydrogens is 386 g/mol. The van der Waals surface area contributed by atoms with Crippen LogP contribution in [-0.4, -0.2) is 50.9 Å². The van der Waals surface area contributed by atoms with Crippen LogP contribution in [0.2, 0.25) is 0 Å². The van der Waals surface area contributed by atoms with Gasteiger partial charge in [0.25, 0.3) is 5.91 Å². The first-order chi connectivity index (χ1) is 13.3. The lowest BCUT2D eigenvalue weighted by molar-refractivity contribution is -0.689. The number of hydrogen-bond donors (Lipinski definition) is 2. The van der Waals surface area contributed by atoms with Crippen molar-refractivity contribution >= 4 is 35.5 Å². The molecule has 1 saturated heterocycles. The molecule has 2 aliphatic heterocycles. The minimum atomic E-state index is -1.23. The molecule has 10 heteroatoms. The highest BCUT2D eigenvalue weighted by Gasteiger charge is 2.49. The number of aliphatic carboxylic acids is 1. The van der Waals surface area contributed by atoms with Gasteiger partial charge in [-0.05, 0) is 6.42 Å². The van der Waals surface area contributed by atoms with Gasteiger partial charge >= 0.3 is 5.97 Å². The number of β-lactam (4-membered cyclic amide) rings is 1. The van der Waals surface area contributed by atoms with Gasteiger partial charge in [0.05, 0.1) is 5.97 Å². The fraction of sp³-hybridized carbons (Fsp3) is 0.389. The molecule has 3 heterocycles. The molecule has 1 aromatic rings. The van der Waals surface area contributed by atoms with Crippen molar-refractivity contribution in [3.63, 3.8) is 0 Å². The average Bonchev–Trinajstić information content (AvgIpc) is 2.66. The van der Waals surface area contributed by atoms with Gasteiger partial charge in [0.1, 0.15) is 11.4 Å².